The first-order valence-corrected chi connectivity index (χ1v) is 8.84. The Kier molecular flexibility index (Phi) is 4.95. The summed E-state index contributed by atoms with van der Waals surface area (Å²) in [7, 11) is -3.98. The lowest BCUT2D eigenvalue weighted by molar-refractivity contribution is 0.601. The van der Waals surface area contributed by atoms with Crippen molar-refractivity contribution < 1.29 is 8.42 Å². The fourth-order valence-corrected chi connectivity index (χ4v) is 4.37. The van der Waals surface area contributed by atoms with Gasteiger partial charge in [0.05, 0.1) is 25.9 Å². The van der Waals surface area contributed by atoms with Gasteiger partial charge in [-0.1, -0.05) is 40.9 Å². The zero-order chi connectivity index (χ0) is 15.8. The molecule has 9 heteroatoms. The number of benzene rings is 2. The second-order valence-corrected chi connectivity index (χ2v) is 7.68. The summed E-state index contributed by atoms with van der Waals surface area (Å²) in [6.07, 6.45) is 0. The van der Waals surface area contributed by atoms with Gasteiger partial charge in [0.15, 0.2) is 0 Å². The van der Waals surface area contributed by atoms with Crippen molar-refractivity contribution in [2.75, 3.05) is 10.5 Å². The van der Waals surface area contributed by atoms with E-state index in [1.54, 1.807) is 18.2 Å². The number of rotatable bonds is 3. The maximum Gasteiger partial charge on any atom is 0.265 e. The molecule has 4 nitrogen and oxygen atoms in total. The Morgan fingerprint density at radius 1 is 1.10 bits per heavy atom. The minimum Gasteiger partial charge on any atom is -0.398 e. The zero-order valence-corrected chi connectivity index (χ0v) is 14.9. The summed E-state index contributed by atoms with van der Waals surface area (Å²) in [5.74, 6) is 0. The fourth-order valence-electron chi connectivity index (χ4n) is 1.64. The Bertz CT molecular complexity index is 789. The van der Waals surface area contributed by atoms with E-state index in [1.807, 2.05) is 0 Å². The highest BCUT2D eigenvalue weighted by molar-refractivity contribution is 9.10. The third kappa shape index (κ3) is 3.57. The normalized spacial score (nSPS) is 11.4. The summed E-state index contributed by atoms with van der Waals surface area (Å²) in [4.78, 5) is -0.236. The van der Waals surface area contributed by atoms with Crippen LogP contribution in [0, 0.1) is 0 Å². The van der Waals surface area contributed by atoms with Crippen molar-refractivity contribution in [1.29, 1.82) is 0 Å². The summed E-state index contributed by atoms with van der Waals surface area (Å²) in [5, 5.41) is 0.552. The Labute approximate surface area is 145 Å². The van der Waals surface area contributed by atoms with Crippen LogP contribution in [0.5, 0.6) is 0 Å². The van der Waals surface area contributed by atoms with Gasteiger partial charge in [0.25, 0.3) is 10.0 Å². The van der Waals surface area contributed by atoms with Gasteiger partial charge in [-0.25, -0.2) is 8.42 Å². The summed E-state index contributed by atoms with van der Waals surface area (Å²) in [6.45, 7) is 0. The molecule has 3 N–H and O–H groups in total. The average molecular weight is 431 g/mol. The summed E-state index contributed by atoms with van der Waals surface area (Å²) < 4.78 is 27.7. The standard InChI is InChI=1S/C12H8BrCl3N2O2S/c13-11-7(15)2-1-3-10(11)18-21(19,20)12-8(16)4-6(14)5-9(12)17/h1-5,18H,17H2. The maximum atomic E-state index is 12.4. The fraction of sp³-hybridized carbons (Fsp3) is 0. The van der Waals surface area contributed by atoms with E-state index in [2.05, 4.69) is 20.7 Å². The molecule has 0 heterocycles. The van der Waals surface area contributed by atoms with Crippen LogP contribution in [0.25, 0.3) is 0 Å². The van der Waals surface area contributed by atoms with E-state index in [4.69, 9.17) is 40.5 Å². The number of hydrogen-bond donors (Lipinski definition) is 2. The van der Waals surface area contributed by atoms with E-state index in [0.29, 0.717) is 9.50 Å². The highest BCUT2D eigenvalue weighted by Gasteiger charge is 2.23. The lowest BCUT2D eigenvalue weighted by Crippen LogP contribution is -2.15. The van der Waals surface area contributed by atoms with Gasteiger partial charge in [-0.15, -0.1) is 0 Å². The first-order chi connectivity index (χ1) is 9.72. The van der Waals surface area contributed by atoms with Gasteiger partial charge in [-0.2, -0.15) is 0 Å². The van der Waals surface area contributed by atoms with Crippen LogP contribution in [-0.2, 0) is 10.0 Å². The first kappa shape index (κ1) is 16.7. The van der Waals surface area contributed by atoms with Crippen molar-refractivity contribution in [2.45, 2.75) is 4.90 Å². The van der Waals surface area contributed by atoms with Crippen LogP contribution in [0.3, 0.4) is 0 Å². The minimum absolute atomic E-state index is 0.0434. The molecule has 2 rings (SSSR count). The maximum absolute atomic E-state index is 12.4. The van der Waals surface area contributed by atoms with Crippen molar-refractivity contribution in [3.63, 3.8) is 0 Å². The molecule has 0 atom stereocenters. The minimum atomic E-state index is -3.98. The van der Waals surface area contributed by atoms with Gasteiger partial charge in [-0.3, -0.25) is 4.72 Å². The smallest absolute Gasteiger partial charge is 0.265 e. The van der Waals surface area contributed by atoms with Crippen LogP contribution in [0.4, 0.5) is 11.4 Å². The van der Waals surface area contributed by atoms with Crippen LogP contribution in [-0.4, -0.2) is 8.42 Å². The number of anilines is 2. The molecule has 0 saturated heterocycles. The Balaban J connectivity index is 2.51. The third-order valence-corrected chi connectivity index (χ3v) is 6.01. The first-order valence-electron chi connectivity index (χ1n) is 5.43. The van der Waals surface area contributed by atoms with E-state index in [1.165, 1.54) is 12.1 Å². The summed E-state index contributed by atoms with van der Waals surface area (Å²) in [5.41, 5.74) is 5.93. The molecule has 0 fully saturated rings. The quantitative estimate of drug-likeness (QED) is 0.688. The molecule has 0 aliphatic carbocycles. The molecule has 2 aromatic rings. The SMILES string of the molecule is Nc1cc(Cl)cc(Cl)c1S(=O)(=O)Nc1cccc(Cl)c1Br. The van der Waals surface area contributed by atoms with Crippen molar-refractivity contribution in [3.05, 3.63) is 49.9 Å². The van der Waals surface area contributed by atoms with Crippen molar-refractivity contribution in [1.82, 2.24) is 0 Å². The van der Waals surface area contributed by atoms with Crippen molar-refractivity contribution in [2.24, 2.45) is 0 Å². The molecule has 112 valence electrons. The van der Waals surface area contributed by atoms with Crippen molar-refractivity contribution in [3.8, 4) is 0 Å². The van der Waals surface area contributed by atoms with Crippen LogP contribution >= 0.6 is 50.7 Å². The second kappa shape index (κ2) is 6.22. The number of halogens is 4. The van der Waals surface area contributed by atoms with Gasteiger partial charge in [0, 0.05) is 5.02 Å². The molecular formula is C12H8BrCl3N2O2S. The second-order valence-electron chi connectivity index (χ2n) is 4.01. The van der Waals surface area contributed by atoms with E-state index in [-0.39, 0.29) is 26.3 Å². The van der Waals surface area contributed by atoms with Crippen molar-refractivity contribution >= 4 is 72.1 Å². The molecule has 0 bridgehead atoms. The van der Waals surface area contributed by atoms with Crippen LogP contribution in [0.15, 0.2) is 39.7 Å². The highest BCUT2D eigenvalue weighted by Crippen LogP contribution is 2.35. The number of nitrogen functional groups attached to an aromatic ring is 1. The highest BCUT2D eigenvalue weighted by atomic mass is 79.9. The van der Waals surface area contributed by atoms with Gasteiger partial charge in [-0.05, 0) is 40.2 Å². The molecule has 0 aliphatic rings. The topological polar surface area (TPSA) is 72.2 Å². The lowest BCUT2D eigenvalue weighted by Gasteiger charge is -2.13. The lowest BCUT2D eigenvalue weighted by atomic mass is 10.3. The summed E-state index contributed by atoms with van der Waals surface area (Å²) in [6, 6.07) is 7.40. The number of nitrogens with one attached hydrogen (secondary N) is 1. The van der Waals surface area contributed by atoms with E-state index in [9.17, 15) is 8.42 Å². The predicted molar refractivity (Wildman–Crippen MR) is 90.8 cm³/mol. The largest absolute Gasteiger partial charge is 0.398 e. The third-order valence-electron chi connectivity index (χ3n) is 2.50. The van der Waals surface area contributed by atoms with E-state index in [0.717, 1.165) is 0 Å². The predicted octanol–water partition coefficient (Wildman–Crippen LogP) is 4.79. The Morgan fingerprint density at radius 3 is 2.38 bits per heavy atom. The molecule has 0 radical (unpaired) electrons. The zero-order valence-electron chi connectivity index (χ0n) is 10.2. The molecule has 0 unspecified atom stereocenters. The summed E-state index contributed by atoms with van der Waals surface area (Å²) >= 11 is 20.8. The average Bonchev–Trinajstić information content (AvgIpc) is 2.33. The molecule has 2 aromatic carbocycles. The van der Waals surface area contributed by atoms with E-state index < -0.39 is 10.0 Å². The molecule has 0 amide bonds. The molecule has 0 spiro atoms. The number of nitrogens with two attached hydrogens (primary N) is 1. The monoisotopic (exact) mass is 428 g/mol. The molecular weight excluding hydrogens is 422 g/mol. The van der Waals surface area contributed by atoms with Gasteiger partial charge < -0.3 is 5.73 Å². The van der Waals surface area contributed by atoms with Gasteiger partial charge >= 0.3 is 0 Å². The number of hydrogen-bond acceptors (Lipinski definition) is 3. The molecule has 21 heavy (non-hydrogen) atoms. The van der Waals surface area contributed by atoms with Crippen LogP contribution in [0.1, 0.15) is 0 Å². The van der Waals surface area contributed by atoms with Crippen LogP contribution in [0.2, 0.25) is 15.1 Å². The molecule has 0 saturated carbocycles. The van der Waals surface area contributed by atoms with Gasteiger partial charge in [0.2, 0.25) is 0 Å². The van der Waals surface area contributed by atoms with E-state index >= 15 is 0 Å². The molecule has 0 aromatic heterocycles. The molecule has 0 aliphatic heterocycles. The van der Waals surface area contributed by atoms with Crippen LogP contribution < -0.4 is 10.5 Å². The Hall–Kier alpha value is -0.660. The number of sulfonamides is 1. The van der Waals surface area contributed by atoms with Gasteiger partial charge in [0.1, 0.15) is 4.90 Å². The Morgan fingerprint density at radius 2 is 1.76 bits per heavy atom.